The van der Waals surface area contributed by atoms with Crippen molar-refractivity contribution < 1.29 is 9.72 Å². The fourth-order valence-electron chi connectivity index (χ4n) is 1.82. The molecule has 21 heavy (non-hydrogen) atoms. The molecular formula is C14H22ClN3O3. The van der Waals surface area contributed by atoms with Gasteiger partial charge in [0.05, 0.1) is 4.92 Å². The zero-order valence-electron chi connectivity index (χ0n) is 12.5. The first-order valence-corrected chi connectivity index (χ1v) is 6.65. The number of non-ortho nitro benzene ring substituents is 1. The highest BCUT2D eigenvalue weighted by molar-refractivity contribution is 5.96. The van der Waals surface area contributed by atoms with Gasteiger partial charge in [-0.05, 0) is 25.3 Å². The van der Waals surface area contributed by atoms with Crippen LogP contribution in [0.1, 0.15) is 42.6 Å². The number of hydrogen-bond donors (Lipinski definition) is 2. The van der Waals surface area contributed by atoms with Crippen molar-refractivity contribution in [3.05, 3.63) is 39.4 Å². The number of hydrogen-bond acceptors (Lipinski definition) is 4. The van der Waals surface area contributed by atoms with Gasteiger partial charge < -0.3 is 11.1 Å². The summed E-state index contributed by atoms with van der Waals surface area (Å²) in [6.45, 7) is 6.03. The molecule has 118 valence electrons. The van der Waals surface area contributed by atoms with Crippen molar-refractivity contribution in [1.29, 1.82) is 0 Å². The highest BCUT2D eigenvalue weighted by Crippen LogP contribution is 2.17. The van der Waals surface area contributed by atoms with E-state index in [1.54, 1.807) is 13.0 Å². The van der Waals surface area contributed by atoms with E-state index in [2.05, 4.69) is 5.32 Å². The van der Waals surface area contributed by atoms with Gasteiger partial charge in [-0.1, -0.05) is 19.9 Å². The van der Waals surface area contributed by atoms with E-state index in [0.29, 0.717) is 17.7 Å². The van der Waals surface area contributed by atoms with Crippen molar-refractivity contribution in [3.8, 4) is 0 Å². The summed E-state index contributed by atoms with van der Waals surface area (Å²) in [7, 11) is 0. The van der Waals surface area contributed by atoms with Crippen molar-refractivity contribution >= 4 is 24.0 Å². The normalized spacial score (nSPS) is 10.7. The molecule has 0 unspecified atom stereocenters. The van der Waals surface area contributed by atoms with Crippen LogP contribution in [0.4, 0.5) is 5.69 Å². The molecule has 7 heteroatoms. The van der Waals surface area contributed by atoms with Crippen molar-refractivity contribution in [2.45, 2.75) is 39.2 Å². The number of nitro benzene ring substituents is 1. The summed E-state index contributed by atoms with van der Waals surface area (Å²) < 4.78 is 0. The SMILES string of the molecule is CCC(N)(CC)CNC(=O)c1cc([N+](=O)[O-])ccc1C.Cl. The van der Waals surface area contributed by atoms with Crippen LogP contribution in [-0.2, 0) is 0 Å². The minimum atomic E-state index is -0.512. The fourth-order valence-corrected chi connectivity index (χ4v) is 1.82. The van der Waals surface area contributed by atoms with Crippen LogP contribution in [0.15, 0.2) is 18.2 Å². The summed E-state index contributed by atoms with van der Waals surface area (Å²) >= 11 is 0. The Balaban J connectivity index is 0.00000400. The molecule has 0 saturated heterocycles. The molecule has 0 heterocycles. The van der Waals surface area contributed by atoms with E-state index in [4.69, 9.17) is 5.73 Å². The van der Waals surface area contributed by atoms with Crippen molar-refractivity contribution in [2.24, 2.45) is 5.73 Å². The number of nitrogens with two attached hydrogens (primary N) is 1. The number of benzene rings is 1. The van der Waals surface area contributed by atoms with Gasteiger partial charge in [0.25, 0.3) is 11.6 Å². The first-order chi connectivity index (χ1) is 9.33. The summed E-state index contributed by atoms with van der Waals surface area (Å²) in [5, 5.41) is 13.5. The predicted molar refractivity (Wildman–Crippen MR) is 84.9 cm³/mol. The molecule has 0 radical (unpaired) electrons. The van der Waals surface area contributed by atoms with Crippen LogP contribution in [0.5, 0.6) is 0 Å². The standard InChI is InChI=1S/C14H21N3O3.ClH/c1-4-14(15,5-2)9-16-13(18)12-8-11(17(19)20)7-6-10(12)3;/h6-8H,4-5,9,15H2,1-3H3,(H,16,18);1H. The van der Waals surface area contributed by atoms with Gasteiger partial charge >= 0.3 is 0 Å². The van der Waals surface area contributed by atoms with E-state index in [9.17, 15) is 14.9 Å². The third-order valence-electron chi connectivity index (χ3n) is 3.69. The van der Waals surface area contributed by atoms with Gasteiger partial charge in [0.1, 0.15) is 0 Å². The van der Waals surface area contributed by atoms with E-state index in [1.807, 2.05) is 13.8 Å². The number of carbonyl (C=O) groups is 1. The molecule has 1 rings (SSSR count). The number of rotatable bonds is 6. The maximum absolute atomic E-state index is 12.1. The zero-order valence-corrected chi connectivity index (χ0v) is 13.3. The number of carbonyl (C=O) groups excluding carboxylic acids is 1. The highest BCUT2D eigenvalue weighted by atomic mass is 35.5. The third-order valence-corrected chi connectivity index (χ3v) is 3.69. The average Bonchev–Trinajstić information content (AvgIpc) is 2.44. The number of nitro groups is 1. The number of halogens is 1. The predicted octanol–water partition coefficient (Wildman–Crippen LogP) is 2.57. The van der Waals surface area contributed by atoms with Crippen molar-refractivity contribution in [1.82, 2.24) is 5.32 Å². The van der Waals surface area contributed by atoms with Crippen LogP contribution in [-0.4, -0.2) is 22.9 Å². The second kappa shape index (κ2) is 7.95. The number of aryl methyl sites for hydroxylation is 1. The largest absolute Gasteiger partial charge is 0.350 e. The molecule has 0 atom stereocenters. The Hall–Kier alpha value is -1.66. The van der Waals surface area contributed by atoms with Crippen LogP contribution in [0.2, 0.25) is 0 Å². The molecule has 6 nitrogen and oxygen atoms in total. The summed E-state index contributed by atoms with van der Waals surface area (Å²) in [5.41, 5.74) is 6.60. The number of nitrogens with one attached hydrogen (secondary N) is 1. The molecule has 1 aromatic carbocycles. The van der Waals surface area contributed by atoms with Gasteiger partial charge in [-0.2, -0.15) is 0 Å². The molecule has 3 N–H and O–H groups in total. The van der Waals surface area contributed by atoms with Gasteiger partial charge in [0.2, 0.25) is 0 Å². The van der Waals surface area contributed by atoms with Gasteiger partial charge in [0, 0.05) is 29.8 Å². The van der Waals surface area contributed by atoms with Crippen molar-refractivity contribution in [2.75, 3.05) is 6.54 Å². The summed E-state index contributed by atoms with van der Waals surface area (Å²) in [5.74, 6) is -0.331. The van der Waals surface area contributed by atoms with E-state index >= 15 is 0 Å². The minimum Gasteiger partial charge on any atom is -0.350 e. The second-order valence-corrected chi connectivity index (χ2v) is 5.01. The monoisotopic (exact) mass is 315 g/mol. The van der Waals surface area contributed by atoms with Crippen LogP contribution in [0, 0.1) is 17.0 Å². The Morgan fingerprint density at radius 3 is 2.43 bits per heavy atom. The van der Waals surface area contributed by atoms with Crippen LogP contribution < -0.4 is 11.1 Å². The molecule has 0 aromatic heterocycles. The fraction of sp³-hybridized carbons (Fsp3) is 0.500. The topological polar surface area (TPSA) is 98.3 Å². The van der Waals surface area contributed by atoms with Gasteiger partial charge in [0.15, 0.2) is 0 Å². The van der Waals surface area contributed by atoms with Gasteiger partial charge in [-0.3, -0.25) is 14.9 Å². The maximum Gasteiger partial charge on any atom is 0.270 e. The van der Waals surface area contributed by atoms with E-state index in [0.717, 1.165) is 12.8 Å². The van der Waals surface area contributed by atoms with Crippen LogP contribution in [0.25, 0.3) is 0 Å². The van der Waals surface area contributed by atoms with Gasteiger partial charge in [-0.15, -0.1) is 12.4 Å². The first kappa shape index (κ1) is 19.3. The zero-order chi connectivity index (χ0) is 15.3. The van der Waals surface area contributed by atoms with Crippen LogP contribution >= 0.6 is 12.4 Å². The van der Waals surface area contributed by atoms with Crippen molar-refractivity contribution in [3.63, 3.8) is 0 Å². The molecule has 0 fully saturated rings. The van der Waals surface area contributed by atoms with E-state index in [-0.39, 0.29) is 24.0 Å². The lowest BCUT2D eigenvalue weighted by molar-refractivity contribution is -0.384. The number of nitrogens with zero attached hydrogens (tertiary/aromatic N) is 1. The summed E-state index contributed by atoms with van der Waals surface area (Å²) in [6, 6.07) is 4.25. The smallest absolute Gasteiger partial charge is 0.270 e. The van der Waals surface area contributed by atoms with E-state index in [1.165, 1.54) is 12.1 Å². The lowest BCUT2D eigenvalue weighted by Gasteiger charge is -2.26. The molecule has 0 spiro atoms. The second-order valence-electron chi connectivity index (χ2n) is 5.01. The maximum atomic E-state index is 12.1. The lowest BCUT2D eigenvalue weighted by atomic mass is 9.94. The Labute approximate surface area is 130 Å². The molecule has 1 aromatic rings. The lowest BCUT2D eigenvalue weighted by Crippen LogP contribution is -2.49. The molecule has 0 saturated carbocycles. The summed E-state index contributed by atoms with van der Waals surface area (Å²) in [6.07, 6.45) is 1.50. The molecule has 0 bridgehead atoms. The van der Waals surface area contributed by atoms with E-state index < -0.39 is 10.5 Å². The highest BCUT2D eigenvalue weighted by Gasteiger charge is 2.22. The molecule has 0 aliphatic heterocycles. The van der Waals surface area contributed by atoms with Crippen LogP contribution in [0.3, 0.4) is 0 Å². The number of amides is 1. The van der Waals surface area contributed by atoms with Gasteiger partial charge in [-0.25, -0.2) is 0 Å². The molecule has 1 amide bonds. The average molecular weight is 316 g/mol. The Morgan fingerprint density at radius 2 is 1.95 bits per heavy atom. The molecule has 0 aliphatic rings. The Kier molecular flexibility index (Phi) is 7.32. The Morgan fingerprint density at radius 1 is 1.38 bits per heavy atom. The quantitative estimate of drug-likeness (QED) is 0.622. The Bertz CT molecular complexity index is 516. The molecule has 0 aliphatic carbocycles. The summed E-state index contributed by atoms with van der Waals surface area (Å²) in [4.78, 5) is 22.4. The third kappa shape index (κ3) is 4.99. The molecular weight excluding hydrogens is 294 g/mol. The minimum absolute atomic E-state index is 0. The first-order valence-electron chi connectivity index (χ1n) is 6.65.